The maximum absolute atomic E-state index is 13.2. The van der Waals surface area contributed by atoms with Gasteiger partial charge in [0, 0.05) is 11.6 Å². The van der Waals surface area contributed by atoms with E-state index in [4.69, 9.17) is 12.2 Å². The molecule has 0 amide bonds. The molecule has 4 nitrogen and oxygen atoms in total. The first-order valence-corrected chi connectivity index (χ1v) is 4.80. The monoisotopic (exact) mass is 220 g/mol. The molecule has 74 valence electrons. The number of aromatic nitrogens is 3. The Balaban J connectivity index is 2.62. The van der Waals surface area contributed by atoms with Gasteiger partial charge in [0.15, 0.2) is 28.2 Å². The molecule has 0 spiro atoms. The summed E-state index contributed by atoms with van der Waals surface area (Å²) in [5, 5.41) is 2.31. The highest BCUT2D eigenvalue weighted by atomic mass is 32.1. The summed E-state index contributed by atoms with van der Waals surface area (Å²) in [6.45, 7) is 0. The molecule has 2 N–H and O–H groups in total. The summed E-state index contributed by atoms with van der Waals surface area (Å²) < 4.78 is 13.2. The number of nitrogens with two attached hydrogens (primary N) is 1. The molecule has 0 saturated heterocycles. The largest absolute Gasteiger partial charge is 0.381 e. The van der Waals surface area contributed by atoms with E-state index in [9.17, 15) is 4.39 Å². The summed E-state index contributed by atoms with van der Waals surface area (Å²) in [6, 6.07) is 0. The Morgan fingerprint density at radius 1 is 1.47 bits per heavy atom. The second kappa shape index (κ2) is 3.63. The number of hydrogen-bond acceptors (Lipinski definition) is 5. The van der Waals surface area contributed by atoms with Gasteiger partial charge in [0.1, 0.15) is 0 Å². The van der Waals surface area contributed by atoms with Gasteiger partial charge in [-0.15, -0.1) is 17.8 Å². The van der Waals surface area contributed by atoms with Crippen LogP contribution in [0.2, 0.25) is 0 Å². The zero-order valence-electron chi connectivity index (χ0n) is 7.44. The van der Waals surface area contributed by atoms with Gasteiger partial charge < -0.3 is 5.73 Å². The van der Waals surface area contributed by atoms with E-state index in [1.807, 2.05) is 0 Å². The highest BCUT2D eigenvalue weighted by molar-refractivity contribution is 7.13. The average molecular weight is 220 g/mol. The topological polar surface area (TPSA) is 64.7 Å². The summed E-state index contributed by atoms with van der Waals surface area (Å²) in [6.07, 6.45) is 6.68. The molecule has 0 aromatic carbocycles. The normalized spacial score (nSPS) is 9.87. The lowest BCUT2D eigenvalue weighted by Gasteiger charge is -2.00. The van der Waals surface area contributed by atoms with E-state index in [1.165, 1.54) is 11.3 Å². The zero-order valence-corrected chi connectivity index (χ0v) is 8.25. The van der Waals surface area contributed by atoms with Gasteiger partial charge in [-0.3, -0.25) is 0 Å². The SMILES string of the molecule is C#Cc1nc(-c2nccs2)nc(N)c1F. The van der Waals surface area contributed by atoms with Gasteiger partial charge in [-0.25, -0.2) is 15.0 Å². The van der Waals surface area contributed by atoms with Crippen molar-refractivity contribution in [2.45, 2.75) is 0 Å². The van der Waals surface area contributed by atoms with Crippen LogP contribution in [0.4, 0.5) is 10.2 Å². The van der Waals surface area contributed by atoms with E-state index in [1.54, 1.807) is 11.6 Å². The number of thiazole rings is 1. The number of nitrogens with zero attached hydrogens (tertiary/aromatic N) is 3. The molecule has 2 rings (SSSR count). The molecular weight excluding hydrogens is 215 g/mol. The van der Waals surface area contributed by atoms with Crippen LogP contribution in [0.3, 0.4) is 0 Å². The van der Waals surface area contributed by atoms with Gasteiger partial charge in [-0.2, -0.15) is 4.39 Å². The van der Waals surface area contributed by atoms with Gasteiger partial charge in [0.2, 0.25) is 0 Å². The van der Waals surface area contributed by atoms with Gasteiger partial charge in [0.05, 0.1) is 0 Å². The Hall–Kier alpha value is -2.00. The van der Waals surface area contributed by atoms with Crippen LogP contribution in [0.25, 0.3) is 10.8 Å². The average Bonchev–Trinajstić information content (AvgIpc) is 2.75. The molecule has 2 heterocycles. The van der Waals surface area contributed by atoms with Crippen molar-refractivity contribution in [2.75, 3.05) is 5.73 Å². The van der Waals surface area contributed by atoms with Gasteiger partial charge in [-0.05, 0) is 5.92 Å². The number of rotatable bonds is 1. The quantitative estimate of drug-likeness (QED) is 0.736. The molecule has 0 unspecified atom stereocenters. The van der Waals surface area contributed by atoms with Crippen molar-refractivity contribution in [3.05, 3.63) is 23.1 Å². The van der Waals surface area contributed by atoms with Gasteiger partial charge in [0.25, 0.3) is 0 Å². The first-order valence-electron chi connectivity index (χ1n) is 3.92. The minimum absolute atomic E-state index is 0.146. The van der Waals surface area contributed by atoms with E-state index in [-0.39, 0.29) is 17.3 Å². The molecule has 0 radical (unpaired) electrons. The Morgan fingerprint density at radius 3 is 2.87 bits per heavy atom. The molecule has 15 heavy (non-hydrogen) atoms. The van der Waals surface area contributed by atoms with Crippen molar-refractivity contribution in [1.82, 2.24) is 15.0 Å². The van der Waals surface area contributed by atoms with E-state index in [0.717, 1.165) is 0 Å². The van der Waals surface area contributed by atoms with Crippen molar-refractivity contribution in [1.29, 1.82) is 0 Å². The van der Waals surface area contributed by atoms with Gasteiger partial charge >= 0.3 is 0 Å². The van der Waals surface area contributed by atoms with Crippen LogP contribution in [0, 0.1) is 18.2 Å². The van der Waals surface area contributed by atoms with Crippen LogP contribution in [-0.2, 0) is 0 Å². The van der Waals surface area contributed by atoms with Crippen LogP contribution in [0.15, 0.2) is 11.6 Å². The summed E-state index contributed by atoms with van der Waals surface area (Å²) in [5.74, 6) is 1.33. The maximum Gasteiger partial charge on any atom is 0.199 e. The van der Waals surface area contributed by atoms with Crippen molar-refractivity contribution < 1.29 is 4.39 Å². The molecule has 0 bridgehead atoms. The van der Waals surface area contributed by atoms with Crippen LogP contribution < -0.4 is 5.73 Å². The predicted molar refractivity (Wildman–Crippen MR) is 55.4 cm³/mol. The molecule has 0 aliphatic rings. The Morgan fingerprint density at radius 2 is 2.27 bits per heavy atom. The van der Waals surface area contributed by atoms with Crippen molar-refractivity contribution >= 4 is 17.2 Å². The van der Waals surface area contributed by atoms with Crippen molar-refractivity contribution in [3.8, 4) is 23.2 Å². The maximum atomic E-state index is 13.2. The Labute approximate surface area is 89.0 Å². The minimum Gasteiger partial charge on any atom is -0.381 e. The fraction of sp³-hybridized carbons (Fsp3) is 0. The smallest absolute Gasteiger partial charge is 0.199 e. The Kier molecular flexibility index (Phi) is 2.31. The lowest BCUT2D eigenvalue weighted by molar-refractivity contribution is 0.616. The number of nitrogen functional groups attached to an aromatic ring is 1. The van der Waals surface area contributed by atoms with Crippen LogP contribution in [0.1, 0.15) is 5.69 Å². The molecular formula is C9H5FN4S. The number of hydrogen-bond donors (Lipinski definition) is 1. The third-order valence-electron chi connectivity index (χ3n) is 1.64. The molecule has 0 fully saturated rings. The van der Waals surface area contributed by atoms with Crippen LogP contribution in [-0.4, -0.2) is 15.0 Å². The molecule has 2 aromatic rings. The summed E-state index contributed by atoms with van der Waals surface area (Å²) in [7, 11) is 0. The fourth-order valence-corrected chi connectivity index (χ4v) is 1.56. The zero-order chi connectivity index (χ0) is 10.8. The van der Waals surface area contributed by atoms with E-state index in [0.29, 0.717) is 5.01 Å². The molecule has 2 aromatic heterocycles. The Bertz CT molecular complexity index is 530. The highest BCUT2D eigenvalue weighted by Crippen LogP contribution is 2.20. The predicted octanol–water partition coefficient (Wildman–Crippen LogP) is 1.30. The van der Waals surface area contributed by atoms with Crippen molar-refractivity contribution in [3.63, 3.8) is 0 Å². The summed E-state index contributed by atoms with van der Waals surface area (Å²) >= 11 is 1.33. The molecule has 0 atom stereocenters. The van der Waals surface area contributed by atoms with Crippen molar-refractivity contribution in [2.24, 2.45) is 0 Å². The lowest BCUT2D eigenvalue weighted by atomic mass is 10.3. The standard InChI is InChI=1S/C9H5FN4S/c1-2-5-6(10)7(11)14-8(13-5)9-12-3-4-15-9/h1,3-4H,(H2,11,13,14). The van der Waals surface area contributed by atoms with E-state index < -0.39 is 5.82 Å². The second-order valence-corrected chi connectivity index (χ2v) is 3.47. The molecule has 0 aliphatic carbocycles. The summed E-state index contributed by atoms with van der Waals surface area (Å²) in [4.78, 5) is 11.6. The molecule has 6 heteroatoms. The number of halogens is 1. The first kappa shape index (κ1) is 9.55. The van der Waals surface area contributed by atoms with E-state index >= 15 is 0 Å². The third-order valence-corrected chi connectivity index (χ3v) is 2.41. The molecule has 0 aliphatic heterocycles. The van der Waals surface area contributed by atoms with Crippen LogP contribution >= 0.6 is 11.3 Å². The van der Waals surface area contributed by atoms with Crippen LogP contribution in [0.5, 0.6) is 0 Å². The minimum atomic E-state index is -0.766. The lowest BCUT2D eigenvalue weighted by Crippen LogP contribution is -2.03. The van der Waals surface area contributed by atoms with E-state index in [2.05, 4.69) is 20.9 Å². The number of anilines is 1. The third kappa shape index (κ3) is 1.65. The number of terminal acetylenes is 1. The molecule has 0 saturated carbocycles. The highest BCUT2D eigenvalue weighted by Gasteiger charge is 2.12. The van der Waals surface area contributed by atoms with Gasteiger partial charge in [-0.1, -0.05) is 0 Å². The fourth-order valence-electron chi connectivity index (χ4n) is 0.990. The summed E-state index contributed by atoms with van der Waals surface area (Å²) in [5.41, 5.74) is 5.21. The second-order valence-electron chi connectivity index (χ2n) is 2.58. The first-order chi connectivity index (χ1) is 7.22.